The van der Waals surface area contributed by atoms with Gasteiger partial charge >= 0.3 is 6.03 Å². The van der Waals surface area contributed by atoms with Crippen molar-refractivity contribution in [2.45, 2.75) is 0 Å². The van der Waals surface area contributed by atoms with Crippen molar-refractivity contribution in [1.29, 1.82) is 0 Å². The van der Waals surface area contributed by atoms with Gasteiger partial charge in [0.05, 0.1) is 10.2 Å². The lowest BCUT2D eigenvalue weighted by Gasteiger charge is -2.26. The number of nitrogens with zero attached hydrogens (tertiary/aromatic N) is 1. The first-order chi connectivity index (χ1) is 12.3. The van der Waals surface area contributed by atoms with E-state index in [1.807, 2.05) is 0 Å². The van der Waals surface area contributed by atoms with Gasteiger partial charge in [0.15, 0.2) is 0 Å². The highest BCUT2D eigenvalue weighted by Crippen LogP contribution is 2.34. The Morgan fingerprint density at radius 3 is 2.54 bits per heavy atom. The Bertz CT molecular complexity index is 991. The molecule has 1 saturated heterocycles. The van der Waals surface area contributed by atoms with Crippen LogP contribution < -0.4 is 10.2 Å². The van der Waals surface area contributed by atoms with E-state index in [1.165, 1.54) is 24.3 Å². The highest BCUT2D eigenvalue weighted by molar-refractivity contribution is 9.11. The summed E-state index contributed by atoms with van der Waals surface area (Å²) < 4.78 is 1.01. The smallest absolute Gasteiger partial charge is 0.335 e. The highest BCUT2D eigenvalue weighted by atomic mass is 79.9. The summed E-state index contributed by atoms with van der Waals surface area (Å²) in [5.74, 6) is -1.82. The van der Waals surface area contributed by atoms with Gasteiger partial charge in [-0.1, -0.05) is 33.6 Å². The second kappa shape index (κ2) is 7.22. The molecular weight excluding hydrogens is 491 g/mol. The van der Waals surface area contributed by atoms with Crippen molar-refractivity contribution in [2.75, 3.05) is 4.90 Å². The first-order valence-electron chi connectivity index (χ1n) is 7.13. The fourth-order valence-corrected chi connectivity index (χ4v) is 3.80. The molecule has 132 valence electrons. The van der Waals surface area contributed by atoms with Gasteiger partial charge in [-0.25, -0.2) is 9.69 Å². The summed E-state index contributed by atoms with van der Waals surface area (Å²) in [5, 5.41) is 12.6. The molecule has 0 spiro atoms. The number of hydrogen-bond donors (Lipinski definition) is 2. The van der Waals surface area contributed by atoms with Crippen LogP contribution in [0.4, 0.5) is 10.5 Å². The zero-order chi connectivity index (χ0) is 19.0. The van der Waals surface area contributed by atoms with Gasteiger partial charge < -0.3 is 5.11 Å². The number of aromatic hydroxyl groups is 1. The number of phenols is 1. The number of anilines is 1. The molecule has 26 heavy (non-hydrogen) atoms. The molecule has 0 saturated carbocycles. The lowest BCUT2D eigenvalue weighted by Crippen LogP contribution is -2.54. The SMILES string of the molecule is O=C1NC(=O)N(c2cccc(Cl)c2)C(=O)/C1=C/c1cc(Br)cc(Br)c1O. The minimum absolute atomic E-state index is 0.146. The molecule has 0 bridgehead atoms. The topological polar surface area (TPSA) is 86.7 Å². The van der Waals surface area contributed by atoms with Crippen LogP contribution >= 0.6 is 43.5 Å². The second-order valence-corrected chi connectivity index (χ2v) is 7.47. The molecule has 4 amide bonds. The molecule has 1 fully saturated rings. The van der Waals surface area contributed by atoms with Crippen LogP contribution in [0.3, 0.4) is 0 Å². The monoisotopic (exact) mass is 498 g/mol. The molecule has 0 aliphatic carbocycles. The number of amides is 4. The average molecular weight is 501 g/mol. The number of urea groups is 1. The Morgan fingerprint density at radius 1 is 1.12 bits per heavy atom. The number of carbonyl (C=O) groups excluding carboxylic acids is 3. The van der Waals surface area contributed by atoms with E-state index in [0.29, 0.717) is 14.0 Å². The minimum Gasteiger partial charge on any atom is -0.506 e. The summed E-state index contributed by atoms with van der Waals surface area (Å²) in [6.45, 7) is 0. The van der Waals surface area contributed by atoms with Gasteiger partial charge in [-0.15, -0.1) is 0 Å². The van der Waals surface area contributed by atoms with E-state index < -0.39 is 17.8 Å². The van der Waals surface area contributed by atoms with Crippen molar-refractivity contribution in [1.82, 2.24) is 5.32 Å². The van der Waals surface area contributed by atoms with Crippen molar-refractivity contribution < 1.29 is 19.5 Å². The zero-order valence-corrected chi connectivity index (χ0v) is 16.7. The molecule has 0 aromatic heterocycles. The van der Waals surface area contributed by atoms with Crippen LogP contribution in [-0.2, 0) is 9.59 Å². The van der Waals surface area contributed by atoms with Crippen LogP contribution in [0.2, 0.25) is 5.02 Å². The maximum absolute atomic E-state index is 12.8. The first kappa shape index (κ1) is 18.6. The number of benzene rings is 2. The molecule has 3 rings (SSSR count). The lowest BCUT2D eigenvalue weighted by molar-refractivity contribution is -0.122. The summed E-state index contributed by atoms with van der Waals surface area (Å²) in [7, 11) is 0. The predicted octanol–water partition coefficient (Wildman–Crippen LogP) is 4.24. The molecule has 0 unspecified atom stereocenters. The summed E-state index contributed by atoms with van der Waals surface area (Å²) in [6.07, 6.45) is 1.21. The van der Waals surface area contributed by atoms with Crippen LogP contribution in [0.1, 0.15) is 5.56 Å². The molecule has 2 aromatic carbocycles. The molecular formula is C17H9Br2ClN2O4. The minimum atomic E-state index is -0.876. The Labute approximate surface area is 169 Å². The van der Waals surface area contributed by atoms with E-state index in [1.54, 1.807) is 18.2 Å². The number of phenolic OH excluding ortho intramolecular Hbond substituents is 1. The summed E-state index contributed by atoms with van der Waals surface area (Å²) >= 11 is 12.4. The van der Waals surface area contributed by atoms with Crippen molar-refractivity contribution in [3.05, 3.63) is 61.5 Å². The number of barbiturate groups is 1. The number of rotatable bonds is 2. The van der Waals surface area contributed by atoms with Crippen LogP contribution in [0.25, 0.3) is 6.08 Å². The fourth-order valence-electron chi connectivity index (χ4n) is 2.36. The Morgan fingerprint density at radius 2 is 1.85 bits per heavy atom. The molecule has 9 heteroatoms. The Kier molecular flexibility index (Phi) is 5.17. The summed E-state index contributed by atoms with van der Waals surface area (Å²) in [4.78, 5) is 37.9. The number of carbonyl (C=O) groups is 3. The number of nitrogens with one attached hydrogen (secondary N) is 1. The van der Waals surface area contributed by atoms with E-state index in [9.17, 15) is 19.5 Å². The van der Waals surface area contributed by atoms with E-state index >= 15 is 0 Å². The van der Waals surface area contributed by atoms with Gasteiger partial charge in [-0.3, -0.25) is 14.9 Å². The average Bonchev–Trinajstić information content (AvgIpc) is 2.55. The standard InChI is InChI=1S/C17H9Br2ClN2O4/c18-9-4-8(14(23)13(19)6-9)5-12-15(24)21-17(26)22(16(12)25)11-3-1-2-10(20)7-11/h1-7,23H,(H,21,24,26)/b12-5+. The van der Waals surface area contributed by atoms with Gasteiger partial charge in [-0.05, 0) is 52.3 Å². The van der Waals surface area contributed by atoms with Crippen LogP contribution in [0.15, 0.2) is 50.9 Å². The molecule has 0 radical (unpaired) electrons. The van der Waals surface area contributed by atoms with Gasteiger partial charge in [0.1, 0.15) is 11.3 Å². The second-order valence-electron chi connectivity index (χ2n) is 5.26. The Balaban J connectivity index is 2.09. The van der Waals surface area contributed by atoms with E-state index in [4.69, 9.17) is 11.6 Å². The summed E-state index contributed by atoms with van der Waals surface area (Å²) in [5.41, 5.74) is 0.146. The first-order valence-corrected chi connectivity index (χ1v) is 9.09. The summed E-state index contributed by atoms with van der Waals surface area (Å²) in [6, 6.07) is 8.39. The third-order valence-corrected chi connectivity index (χ3v) is 4.82. The third kappa shape index (κ3) is 3.53. The Hall–Kier alpha value is -2.16. The van der Waals surface area contributed by atoms with Crippen LogP contribution in [0, 0.1) is 0 Å². The van der Waals surface area contributed by atoms with Crippen molar-refractivity contribution >= 4 is 73.1 Å². The molecule has 2 aromatic rings. The fraction of sp³-hybridized carbons (Fsp3) is 0. The van der Waals surface area contributed by atoms with Gasteiger partial charge in [0.25, 0.3) is 11.8 Å². The molecule has 0 atom stereocenters. The van der Waals surface area contributed by atoms with Gasteiger partial charge in [-0.2, -0.15) is 0 Å². The number of halogens is 3. The highest BCUT2D eigenvalue weighted by Gasteiger charge is 2.37. The predicted molar refractivity (Wildman–Crippen MR) is 104 cm³/mol. The molecule has 2 N–H and O–H groups in total. The molecule has 1 aliphatic rings. The lowest BCUT2D eigenvalue weighted by atomic mass is 10.1. The number of imide groups is 2. The van der Waals surface area contributed by atoms with Crippen molar-refractivity contribution in [3.8, 4) is 5.75 Å². The van der Waals surface area contributed by atoms with Crippen molar-refractivity contribution in [2.24, 2.45) is 0 Å². The van der Waals surface area contributed by atoms with Gasteiger partial charge in [0.2, 0.25) is 0 Å². The van der Waals surface area contributed by atoms with E-state index in [0.717, 1.165) is 4.90 Å². The van der Waals surface area contributed by atoms with Gasteiger partial charge in [0, 0.05) is 15.1 Å². The maximum atomic E-state index is 12.8. The molecule has 1 aliphatic heterocycles. The quantitative estimate of drug-likeness (QED) is 0.477. The van der Waals surface area contributed by atoms with Crippen LogP contribution in [0.5, 0.6) is 5.75 Å². The largest absolute Gasteiger partial charge is 0.506 e. The van der Waals surface area contributed by atoms with E-state index in [-0.39, 0.29) is 22.6 Å². The normalized spacial score (nSPS) is 16.2. The maximum Gasteiger partial charge on any atom is 0.335 e. The molecule has 1 heterocycles. The van der Waals surface area contributed by atoms with Crippen molar-refractivity contribution in [3.63, 3.8) is 0 Å². The zero-order valence-electron chi connectivity index (χ0n) is 12.8. The number of hydrogen-bond acceptors (Lipinski definition) is 4. The third-order valence-electron chi connectivity index (χ3n) is 3.53. The molecule has 6 nitrogen and oxygen atoms in total. The van der Waals surface area contributed by atoms with Crippen LogP contribution in [-0.4, -0.2) is 23.0 Å². The van der Waals surface area contributed by atoms with E-state index in [2.05, 4.69) is 37.2 Å².